The van der Waals surface area contributed by atoms with Crippen molar-refractivity contribution in [3.8, 4) is 0 Å². The summed E-state index contributed by atoms with van der Waals surface area (Å²) >= 11 is 0. The van der Waals surface area contributed by atoms with E-state index in [1.807, 2.05) is 0 Å². The molecule has 0 unspecified atom stereocenters. The molecule has 0 N–H and O–H groups in total. The molecule has 0 saturated heterocycles. The Bertz CT molecular complexity index is 1070. The molecule has 0 bridgehead atoms. The highest BCUT2D eigenvalue weighted by atomic mass is 28.3. The largest absolute Gasteiger partial charge is 0.299 e. The highest BCUT2D eigenvalue weighted by molar-refractivity contribution is 6.84. The Kier molecular flexibility index (Phi) is 10.7. The van der Waals surface area contributed by atoms with Crippen LogP contribution < -0.4 is 0 Å². The Morgan fingerprint density at radius 2 is 1.18 bits per heavy atom. The lowest BCUT2D eigenvalue weighted by atomic mass is 9.94. The second-order valence-electron chi connectivity index (χ2n) is 12.5. The third-order valence-electron chi connectivity index (χ3n) is 9.47. The van der Waals surface area contributed by atoms with Crippen molar-refractivity contribution in [2.24, 2.45) is 11.8 Å². The van der Waals surface area contributed by atoms with E-state index in [9.17, 15) is 4.79 Å². The van der Waals surface area contributed by atoms with Crippen LogP contribution in [0.15, 0.2) is 91.0 Å². The first-order chi connectivity index (χ1) is 18.1. The van der Waals surface area contributed by atoms with Crippen molar-refractivity contribution >= 4 is 13.9 Å². The molecule has 0 fully saturated rings. The summed E-state index contributed by atoms with van der Waals surface area (Å²) in [4.78, 5) is 17.1. The number of hydrogen-bond acceptors (Lipinski definition) is 2. The van der Waals surface area contributed by atoms with Gasteiger partial charge in [0.05, 0.1) is 8.07 Å². The molecule has 38 heavy (non-hydrogen) atoms. The van der Waals surface area contributed by atoms with E-state index in [1.165, 1.54) is 16.7 Å². The van der Waals surface area contributed by atoms with Crippen LogP contribution in [0.2, 0.25) is 23.7 Å². The Morgan fingerprint density at radius 1 is 0.763 bits per heavy atom. The summed E-state index contributed by atoms with van der Waals surface area (Å²) in [5.41, 5.74) is 3.96. The van der Waals surface area contributed by atoms with Gasteiger partial charge in [0.2, 0.25) is 0 Å². The predicted molar refractivity (Wildman–Crippen MR) is 166 cm³/mol. The summed E-state index contributed by atoms with van der Waals surface area (Å²) < 4.78 is 0. The molecular weight excluding hydrogens is 478 g/mol. The molecule has 3 heteroatoms. The Morgan fingerprint density at radius 3 is 1.58 bits per heavy atom. The summed E-state index contributed by atoms with van der Waals surface area (Å²) in [6, 6.07) is 32.0. The Labute approximate surface area is 233 Å². The summed E-state index contributed by atoms with van der Waals surface area (Å²) in [7, 11) is -2.02. The van der Waals surface area contributed by atoms with Crippen LogP contribution in [0.1, 0.15) is 57.7 Å². The molecule has 3 aromatic rings. The van der Waals surface area contributed by atoms with Crippen LogP contribution in [0.25, 0.3) is 0 Å². The molecular formula is C35H49NOSi. The third-order valence-corrected chi connectivity index (χ3v) is 15.6. The van der Waals surface area contributed by atoms with Crippen molar-refractivity contribution in [3.05, 3.63) is 108 Å². The molecule has 2 atom stereocenters. The van der Waals surface area contributed by atoms with Gasteiger partial charge in [-0.1, -0.05) is 139 Å². The lowest BCUT2D eigenvalue weighted by Gasteiger charge is -2.48. The minimum absolute atomic E-state index is 0.0193. The molecule has 0 aliphatic rings. The van der Waals surface area contributed by atoms with Crippen molar-refractivity contribution in [2.45, 2.75) is 84.2 Å². The molecule has 3 rings (SSSR count). The maximum Gasteiger partial charge on any atom is 0.138 e. The fourth-order valence-electron chi connectivity index (χ4n) is 5.64. The highest BCUT2D eigenvalue weighted by Gasteiger charge is 2.50. The van der Waals surface area contributed by atoms with Crippen molar-refractivity contribution in [3.63, 3.8) is 0 Å². The number of rotatable bonds is 14. The molecule has 0 amide bonds. The van der Waals surface area contributed by atoms with Crippen molar-refractivity contribution < 1.29 is 4.79 Å². The van der Waals surface area contributed by atoms with E-state index in [2.05, 4.69) is 144 Å². The molecule has 0 heterocycles. The molecule has 0 spiro atoms. The average molecular weight is 528 g/mol. The van der Waals surface area contributed by atoms with Gasteiger partial charge in [-0.05, 0) is 40.5 Å². The summed E-state index contributed by atoms with van der Waals surface area (Å²) in [6.45, 7) is 19.1. The van der Waals surface area contributed by atoms with Gasteiger partial charge in [0.25, 0.3) is 0 Å². The van der Waals surface area contributed by atoms with Crippen molar-refractivity contribution in [2.75, 3.05) is 6.54 Å². The van der Waals surface area contributed by atoms with Gasteiger partial charge < -0.3 is 0 Å². The molecule has 0 saturated carbocycles. The predicted octanol–water partition coefficient (Wildman–Crippen LogP) is 9.04. The van der Waals surface area contributed by atoms with E-state index < -0.39 is 8.07 Å². The van der Waals surface area contributed by atoms with Crippen molar-refractivity contribution in [1.29, 1.82) is 0 Å². The number of benzene rings is 3. The zero-order valence-corrected chi connectivity index (χ0v) is 25.8. The van der Waals surface area contributed by atoms with E-state index in [1.54, 1.807) is 0 Å². The van der Waals surface area contributed by atoms with E-state index in [0.717, 1.165) is 32.5 Å². The molecule has 0 radical (unpaired) electrons. The van der Waals surface area contributed by atoms with Gasteiger partial charge >= 0.3 is 0 Å². The lowest BCUT2D eigenvalue weighted by Crippen LogP contribution is -2.51. The zero-order valence-electron chi connectivity index (χ0n) is 24.8. The normalized spacial score (nSPS) is 14.0. The fourth-order valence-corrected chi connectivity index (χ4v) is 9.72. The maximum atomic E-state index is 14.6. The number of Topliss-reactive ketones (excluding diaryl/α,β-unsaturated/α-hetero) is 1. The quantitative estimate of drug-likeness (QED) is 0.195. The number of hydrogen-bond donors (Lipinski definition) is 0. The molecule has 0 aromatic heterocycles. The summed E-state index contributed by atoms with van der Waals surface area (Å²) in [6.07, 6.45) is 1.72. The monoisotopic (exact) mass is 527 g/mol. The SMILES string of the molecule is CC[C@H](CN(Cc1ccccc1)Cc1ccccc1)C(=O)[C@H](Cc1ccccc1)[Si](C)(C)C(C)(C)C(C)C. The third kappa shape index (κ3) is 7.54. The second kappa shape index (κ2) is 13.5. The Balaban J connectivity index is 1.93. The maximum absolute atomic E-state index is 14.6. The van der Waals surface area contributed by atoms with Gasteiger partial charge in [0, 0.05) is 31.1 Å². The smallest absolute Gasteiger partial charge is 0.138 e. The standard InChI is InChI=1S/C35H49NOSi/c1-8-32(27-36(25-30-20-14-10-15-21-30)26-31-22-16-11-17-23-31)34(37)33(24-29-18-12-9-13-19-29)38(6,7)35(4,5)28(2)3/h9-23,28,32-33H,8,24-27H2,1-7H3/t32-,33+/m1/s1. The number of nitrogens with zero attached hydrogens (tertiary/aromatic N) is 1. The van der Waals surface area contributed by atoms with Gasteiger partial charge in [-0.2, -0.15) is 0 Å². The van der Waals surface area contributed by atoms with E-state index in [0.29, 0.717) is 11.7 Å². The lowest BCUT2D eigenvalue weighted by molar-refractivity contribution is -0.123. The van der Waals surface area contributed by atoms with E-state index >= 15 is 0 Å². The molecule has 3 aromatic carbocycles. The van der Waals surface area contributed by atoms with Gasteiger partial charge in [-0.25, -0.2) is 0 Å². The molecule has 204 valence electrons. The van der Waals surface area contributed by atoms with Crippen LogP contribution in [0.5, 0.6) is 0 Å². The van der Waals surface area contributed by atoms with Gasteiger partial charge in [-0.15, -0.1) is 0 Å². The number of ketones is 1. The first kappa shape index (κ1) is 30.1. The highest BCUT2D eigenvalue weighted by Crippen LogP contribution is 2.51. The number of carbonyl (C=O) groups is 1. The van der Waals surface area contributed by atoms with Crippen LogP contribution in [0.3, 0.4) is 0 Å². The van der Waals surface area contributed by atoms with E-state index in [4.69, 9.17) is 0 Å². The van der Waals surface area contributed by atoms with Crippen LogP contribution in [-0.2, 0) is 24.3 Å². The van der Waals surface area contributed by atoms with Crippen LogP contribution in [0, 0.1) is 11.8 Å². The number of carbonyl (C=O) groups excluding carboxylic acids is 1. The Hall–Kier alpha value is -2.49. The van der Waals surface area contributed by atoms with Gasteiger partial charge in [0.1, 0.15) is 5.78 Å². The first-order valence-electron chi connectivity index (χ1n) is 14.4. The average Bonchev–Trinajstić information content (AvgIpc) is 2.91. The summed E-state index contributed by atoms with van der Waals surface area (Å²) in [5.74, 6) is 1.03. The second-order valence-corrected chi connectivity index (χ2v) is 17.9. The van der Waals surface area contributed by atoms with Gasteiger partial charge in [-0.3, -0.25) is 9.69 Å². The minimum atomic E-state index is -2.02. The van der Waals surface area contributed by atoms with Crippen LogP contribution in [0.4, 0.5) is 0 Å². The topological polar surface area (TPSA) is 20.3 Å². The molecule has 2 nitrogen and oxygen atoms in total. The van der Waals surface area contributed by atoms with Crippen LogP contribution in [-0.4, -0.2) is 25.3 Å². The van der Waals surface area contributed by atoms with Crippen LogP contribution >= 0.6 is 0 Å². The minimum Gasteiger partial charge on any atom is -0.299 e. The first-order valence-corrected chi connectivity index (χ1v) is 17.5. The molecule has 0 aliphatic carbocycles. The molecule has 0 aliphatic heterocycles. The zero-order chi connectivity index (χ0) is 27.8. The fraction of sp³-hybridized carbons (Fsp3) is 0.457. The van der Waals surface area contributed by atoms with E-state index in [-0.39, 0.29) is 16.5 Å². The van der Waals surface area contributed by atoms with Crippen molar-refractivity contribution in [1.82, 2.24) is 4.90 Å². The van der Waals surface area contributed by atoms with Gasteiger partial charge in [0.15, 0.2) is 0 Å². The summed E-state index contributed by atoms with van der Waals surface area (Å²) in [5, 5.41) is 0.147.